The minimum Gasteiger partial charge on any atom is -0.396 e. The van der Waals surface area contributed by atoms with Crippen LogP contribution in [0.5, 0.6) is 0 Å². The molecule has 0 spiro atoms. The Kier molecular flexibility index (Phi) is 12.7. The number of aliphatic hydroxyl groups is 1. The Morgan fingerprint density at radius 1 is 1.21 bits per heavy atom. The van der Waals surface area contributed by atoms with E-state index in [0.29, 0.717) is 18.8 Å². The number of aliphatic imine (C=N–C) groups is 1. The molecule has 1 aliphatic heterocycles. The lowest BCUT2D eigenvalue weighted by Gasteiger charge is -2.35. The zero-order chi connectivity index (χ0) is 19.5. The molecule has 0 amide bonds. The molecule has 3 N–H and O–H groups in total. The van der Waals surface area contributed by atoms with Crippen molar-refractivity contribution in [2.45, 2.75) is 45.3 Å². The van der Waals surface area contributed by atoms with Gasteiger partial charge in [-0.3, -0.25) is 9.89 Å². The summed E-state index contributed by atoms with van der Waals surface area (Å²) in [6, 6.07) is 10.1. The highest BCUT2D eigenvalue weighted by molar-refractivity contribution is 14.0. The van der Waals surface area contributed by atoms with E-state index >= 15 is 0 Å². The quantitative estimate of drug-likeness (QED) is 0.209. The number of benzene rings is 1. The summed E-state index contributed by atoms with van der Waals surface area (Å²) < 4.78 is 5.79. The lowest BCUT2D eigenvalue weighted by molar-refractivity contribution is -0.0679. The SMILES string of the molecule is CCNC(=NCC(CO)c1ccccc1)NCCCN1CC(C)OC(C)C1.I. The van der Waals surface area contributed by atoms with Crippen molar-refractivity contribution in [1.29, 1.82) is 0 Å². The van der Waals surface area contributed by atoms with Gasteiger partial charge < -0.3 is 20.5 Å². The van der Waals surface area contributed by atoms with E-state index in [4.69, 9.17) is 4.74 Å². The van der Waals surface area contributed by atoms with Crippen LogP contribution < -0.4 is 10.6 Å². The number of rotatable bonds is 9. The Bertz CT molecular complexity index is 549. The minimum atomic E-state index is 0. The van der Waals surface area contributed by atoms with E-state index in [1.54, 1.807) is 0 Å². The number of nitrogens with one attached hydrogen (secondary N) is 2. The van der Waals surface area contributed by atoms with Gasteiger partial charge in [-0.2, -0.15) is 0 Å². The van der Waals surface area contributed by atoms with E-state index in [0.717, 1.165) is 50.7 Å². The van der Waals surface area contributed by atoms with Gasteiger partial charge in [0.1, 0.15) is 0 Å². The molecule has 3 atom stereocenters. The third-order valence-electron chi connectivity index (χ3n) is 4.74. The second kappa shape index (κ2) is 14.1. The molecule has 1 saturated heterocycles. The fraction of sp³-hybridized carbons (Fsp3) is 0.667. The third kappa shape index (κ3) is 9.07. The van der Waals surface area contributed by atoms with Crippen molar-refractivity contribution in [3.05, 3.63) is 35.9 Å². The second-order valence-corrected chi connectivity index (χ2v) is 7.31. The molecular formula is C21H37IN4O2. The van der Waals surface area contributed by atoms with Crippen LogP contribution in [0.1, 0.15) is 38.7 Å². The first-order valence-corrected chi connectivity index (χ1v) is 10.2. The average molecular weight is 504 g/mol. The van der Waals surface area contributed by atoms with E-state index in [9.17, 15) is 5.11 Å². The van der Waals surface area contributed by atoms with E-state index < -0.39 is 0 Å². The van der Waals surface area contributed by atoms with Gasteiger partial charge in [-0.05, 0) is 32.8 Å². The van der Waals surface area contributed by atoms with Crippen LogP contribution in [-0.2, 0) is 4.74 Å². The van der Waals surface area contributed by atoms with Crippen molar-refractivity contribution in [3.63, 3.8) is 0 Å². The van der Waals surface area contributed by atoms with E-state index in [-0.39, 0.29) is 36.5 Å². The van der Waals surface area contributed by atoms with E-state index in [1.165, 1.54) is 0 Å². The van der Waals surface area contributed by atoms with Gasteiger partial charge in [0.15, 0.2) is 5.96 Å². The van der Waals surface area contributed by atoms with Crippen molar-refractivity contribution in [2.75, 3.05) is 45.9 Å². The van der Waals surface area contributed by atoms with E-state index in [1.807, 2.05) is 30.3 Å². The maximum atomic E-state index is 9.70. The fourth-order valence-corrected chi connectivity index (χ4v) is 3.51. The lowest BCUT2D eigenvalue weighted by Crippen LogP contribution is -2.46. The summed E-state index contributed by atoms with van der Waals surface area (Å²) in [6.45, 7) is 11.8. The summed E-state index contributed by atoms with van der Waals surface area (Å²) in [4.78, 5) is 7.14. The summed E-state index contributed by atoms with van der Waals surface area (Å²) >= 11 is 0. The van der Waals surface area contributed by atoms with Gasteiger partial charge in [0.25, 0.3) is 0 Å². The van der Waals surface area contributed by atoms with E-state index in [2.05, 4.69) is 41.3 Å². The zero-order valence-corrected chi connectivity index (χ0v) is 19.8. The van der Waals surface area contributed by atoms with Crippen LogP contribution in [0.2, 0.25) is 0 Å². The Balaban J connectivity index is 0.00000392. The number of nitrogens with zero attached hydrogens (tertiary/aromatic N) is 2. The van der Waals surface area contributed by atoms with Gasteiger partial charge >= 0.3 is 0 Å². The van der Waals surface area contributed by atoms with Crippen molar-refractivity contribution >= 4 is 29.9 Å². The summed E-state index contributed by atoms with van der Waals surface area (Å²) in [5, 5.41) is 16.4. The van der Waals surface area contributed by atoms with Crippen molar-refractivity contribution in [2.24, 2.45) is 4.99 Å². The topological polar surface area (TPSA) is 69.1 Å². The smallest absolute Gasteiger partial charge is 0.191 e. The third-order valence-corrected chi connectivity index (χ3v) is 4.74. The monoisotopic (exact) mass is 504 g/mol. The molecule has 1 aliphatic rings. The molecule has 2 rings (SSSR count). The fourth-order valence-electron chi connectivity index (χ4n) is 3.51. The number of aliphatic hydroxyl groups excluding tert-OH is 1. The summed E-state index contributed by atoms with van der Waals surface area (Å²) in [5.74, 6) is 0.841. The number of ether oxygens (including phenoxy) is 1. The van der Waals surface area contributed by atoms with Crippen LogP contribution in [0.3, 0.4) is 0 Å². The normalized spacial score (nSPS) is 21.6. The van der Waals surface area contributed by atoms with Crippen molar-refractivity contribution < 1.29 is 9.84 Å². The highest BCUT2D eigenvalue weighted by Crippen LogP contribution is 2.15. The number of hydrogen-bond donors (Lipinski definition) is 3. The van der Waals surface area contributed by atoms with Gasteiger partial charge in [0.05, 0.1) is 25.4 Å². The molecule has 0 aliphatic carbocycles. The molecule has 3 unspecified atom stereocenters. The first-order valence-electron chi connectivity index (χ1n) is 10.2. The van der Waals surface area contributed by atoms with Crippen molar-refractivity contribution in [3.8, 4) is 0 Å². The molecule has 0 radical (unpaired) electrons. The van der Waals surface area contributed by atoms with Gasteiger partial charge in [-0.1, -0.05) is 30.3 Å². The molecule has 1 heterocycles. The first-order chi connectivity index (χ1) is 13.1. The molecule has 0 saturated carbocycles. The van der Waals surface area contributed by atoms with Gasteiger partial charge in [0.2, 0.25) is 0 Å². The molecular weight excluding hydrogens is 467 g/mol. The molecule has 7 heteroatoms. The summed E-state index contributed by atoms with van der Waals surface area (Å²) in [7, 11) is 0. The van der Waals surface area contributed by atoms with Crippen LogP contribution in [0.25, 0.3) is 0 Å². The molecule has 1 aromatic carbocycles. The molecule has 0 aromatic heterocycles. The Labute approximate surface area is 187 Å². The lowest BCUT2D eigenvalue weighted by atomic mass is 10.0. The number of halogens is 1. The Morgan fingerprint density at radius 2 is 1.89 bits per heavy atom. The standard InChI is InChI=1S/C21H36N4O2.HI/c1-4-22-21(24-13-20(16-26)19-9-6-5-7-10-19)23-11-8-12-25-14-17(2)27-18(3)15-25;/h5-7,9-10,17-18,20,26H,4,8,11-16H2,1-3H3,(H2,22,23,24);1H. The maximum Gasteiger partial charge on any atom is 0.191 e. The Hall–Kier alpha value is -0.900. The predicted octanol–water partition coefficient (Wildman–Crippen LogP) is 2.43. The molecule has 28 heavy (non-hydrogen) atoms. The number of guanidine groups is 1. The first kappa shape index (κ1) is 25.1. The Morgan fingerprint density at radius 3 is 2.50 bits per heavy atom. The second-order valence-electron chi connectivity index (χ2n) is 7.31. The summed E-state index contributed by atoms with van der Waals surface area (Å²) in [5.41, 5.74) is 1.12. The molecule has 1 aromatic rings. The zero-order valence-electron chi connectivity index (χ0n) is 17.4. The van der Waals surface area contributed by atoms with Crippen LogP contribution in [-0.4, -0.2) is 74.0 Å². The predicted molar refractivity (Wildman–Crippen MR) is 127 cm³/mol. The van der Waals surface area contributed by atoms with Gasteiger partial charge in [-0.25, -0.2) is 0 Å². The highest BCUT2D eigenvalue weighted by atomic mass is 127. The maximum absolute atomic E-state index is 9.70. The highest BCUT2D eigenvalue weighted by Gasteiger charge is 2.21. The molecule has 6 nitrogen and oxygen atoms in total. The summed E-state index contributed by atoms with van der Waals surface area (Å²) in [6.07, 6.45) is 1.69. The van der Waals surface area contributed by atoms with Gasteiger partial charge in [0, 0.05) is 38.6 Å². The van der Waals surface area contributed by atoms with Crippen LogP contribution >= 0.6 is 24.0 Å². The van der Waals surface area contributed by atoms with Crippen LogP contribution in [0, 0.1) is 0 Å². The van der Waals surface area contributed by atoms with Crippen LogP contribution in [0.4, 0.5) is 0 Å². The molecule has 1 fully saturated rings. The average Bonchev–Trinajstić information content (AvgIpc) is 2.65. The molecule has 160 valence electrons. The number of morpholine rings is 1. The minimum absolute atomic E-state index is 0. The van der Waals surface area contributed by atoms with Gasteiger partial charge in [-0.15, -0.1) is 24.0 Å². The van der Waals surface area contributed by atoms with Crippen molar-refractivity contribution in [1.82, 2.24) is 15.5 Å². The largest absolute Gasteiger partial charge is 0.396 e. The number of hydrogen-bond acceptors (Lipinski definition) is 4. The molecule has 0 bridgehead atoms. The van der Waals surface area contributed by atoms with Crippen LogP contribution in [0.15, 0.2) is 35.3 Å².